The lowest BCUT2D eigenvalue weighted by Crippen LogP contribution is -2.32. The standard InChI is InChI=1S/C13H25N3OS/c1-5-6-14-7-13-15-12(10-18-13)8-16(3)11(2)9-17-4/h10-11,14H,5-9H2,1-4H3. The van der Waals surface area contributed by atoms with Crippen LogP contribution in [0.2, 0.25) is 0 Å². The zero-order chi connectivity index (χ0) is 13.4. The molecule has 0 bridgehead atoms. The molecule has 5 heteroatoms. The Morgan fingerprint density at radius 1 is 1.56 bits per heavy atom. The highest BCUT2D eigenvalue weighted by Gasteiger charge is 2.11. The highest BCUT2D eigenvalue weighted by molar-refractivity contribution is 7.09. The van der Waals surface area contributed by atoms with Crippen molar-refractivity contribution in [3.8, 4) is 0 Å². The summed E-state index contributed by atoms with van der Waals surface area (Å²) in [4.78, 5) is 6.90. The first-order chi connectivity index (χ1) is 8.67. The lowest BCUT2D eigenvalue weighted by molar-refractivity contribution is 0.111. The molecule has 104 valence electrons. The van der Waals surface area contributed by atoms with E-state index < -0.39 is 0 Å². The maximum Gasteiger partial charge on any atom is 0.107 e. The third kappa shape index (κ3) is 5.44. The van der Waals surface area contributed by atoms with Crippen LogP contribution in [-0.2, 0) is 17.8 Å². The summed E-state index contributed by atoms with van der Waals surface area (Å²) in [5, 5.41) is 6.70. The summed E-state index contributed by atoms with van der Waals surface area (Å²) in [5.41, 5.74) is 1.15. The number of methoxy groups -OCH3 is 1. The second kappa shape index (κ2) is 8.58. The lowest BCUT2D eigenvalue weighted by atomic mass is 10.3. The van der Waals surface area contributed by atoms with E-state index in [4.69, 9.17) is 4.74 Å². The van der Waals surface area contributed by atoms with Crippen molar-refractivity contribution in [2.24, 2.45) is 0 Å². The van der Waals surface area contributed by atoms with E-state index in [-0.39, 0.29) is 0 Å². The van der Waals surface area contributed by atoms with Gasteiger partial charge in [0.25, 0.3) is 0 Å². The smallest absolute Gasteiger partial charge is 0.107 e. The average Bonchev–Trinajstić information content (AvgIpc) is 2.77. The minimum absolute atomic E-state index is 0.415. The summed E-state index contributed by atoms with van der Waals surface area (Å²) in [6.07, 6.45) is 1.16. The van der Waals surface area contributed by atoms with Gasteiger partial charge in [0.1, 0.15) is 5.01 Å². The van der Waals surface area contributed by atoms with Crippen LogP contribution in [0.15, 0.2) is 5.38 Å². The summed E-state index contributed by atoms with van der Waals surface area (Å²) in [5.74, 6) is 0. The molecule has 1 atom stereocenters. The molecular formula is C13H25N3OS. The Labute approximate surface area is 114 Å². The molecule has 0 aliphatic rings. The third-order valence-corrected chi connectivity index (χ3v) is 3.77. The largest absolute Gasteiger partial charge is 0.383 e. The maximum atomic E-state index is 5.16. The van der Waals surface area contributed by atoms with Crippen LogP contribution in [0.25, 0.3) is 0 Å². The summed E-state index contributed by atoms with van der Waals surface area (Å²) in [6, 6.07) is 0.415. The van der Waals surface area contributed by atoms with Gasteiger partial charge in [-0.05, 0) is 26.9 Å². The monoisotopic (exact) mass is 271 g/mol. The van der Waals surface area contributed by atoms with Crippen LogP contribution in [0.3, 0.4) is 0 Å². The van der Waals surface area contributed by atoms with E-state index in [0.29, 0.717) is 6.04 Å². The van der Waals surface area contributed by atoms with Crippen LogP contribution >= 0.6 is 11.3 Å². The first-order valence-corrected chi connectivity index (χ1v) is 7.38. The Morgan fingerprint density at radius 2 is 2.33 bits per heavy atom. The molecule has 18 heavy (non-hydrogen) atoms. The van der Waals surface area contributed by atoms with E-state index >= 15 is 0 Å². The molecule has 0 aliphatic carbocycles. The average molecular weight is 271 g/mol. The second-order valence-electron chi connectivity index (χ2n) is 4.63. The first-order valence-electron chi connectivity index (χ1n) is 6.50. The fourth-order valence-electron chi connectivity index (χ4n) is 1.65. The van der Waals surface area contributed by atoms with Gasteiger partial charge in [-0.3, -0.25) is 4.90 Å². The van der Waals surface area contributed by atoms with Crippen molar-refractivity contribution in [2.45, 2.75) is 39.4 Å². The van der Waals surface area contributed by atoms with E-state index in [1.54, 1.807) is 18.4 Å². The van der Waals surface area contributed by atoms with Crippen molar-refractivity contribution < 1.29 is 4.74 Å². The van der Waals surface area contributed by atoms with Crippen molar-refractivity contribution in [3.63, 3.8) is 0 Å². The summed E-state index contributed by atoms with van der Waals surface area (Å²) in [7, 11) is 3.85. The van der Waals surface area contributed by atoms with Crippen LogP contribution in [-0.4, -0.2) is 43.2 Å². The second-order valence-corrected chi connectivity index (χ2v) is 5.57. The van der Waals surface area contributed by atoms with Crippen molar-refractivity contribution in [2.75, 3.05) is 27.3 Å². The van der Waals surface area contributed by atoms with Gasteiger partial charge in [-0.2, -0.15) is 0 Å². The number of hydrogen-bond donors (Lipinski definition) is 1. The zero-order valence-electron chi connectivity index (χ0n) is 11.9. The van der Waals surface area contributed by atoms with Gasteiger partial charge in [-0.15, -0.1) is 11.3 Å². The van der Waals surface area contributed by atoms with Gasteiger partial charge >= 0.3 is 0 Å². The number of rotatable bonds is 9. The topological polar surface area (TPSA) is 37.4 Å². The van der Waals surface area contributed by atoms with Gasteiger partial charge in [-0.1, -0.05) is 6.92 Å². The number of thiazole rings is 1. The molecule has 1 aromatic rings. The number of nitrogens with zero attached hydrogens (tertiary/aromatic N) is 2. The molecular weight excluding hydrogens is 246 g/mol. The number of hydrogen-bond acceptors (Lipinski definition) is 5. The zero-order valence-corrected chi connectivity index (χ0v) is 12.7. The van der Waals surface area contributed by atoms with Crippen LogP contribution < -0.4 is 5.32 Å². The van der Waals surface area contributed by atoms with Crippen LogP contribution in [0.1, 0.15) is 31.0 Å². The Morgan fingerprint density at radius 3 is 3.00 bits per heavy atom. The predicted octanol–water partition coefficient (Wildman–Crippen LogP) is 2.11. The number of likely N-dealkylation sites (N-methyl/N-ethyl adjacent to an activating group) is 1. The first kappa shape index (κ1) is 15.6. The van der Waals surface area contributed by atoms with Gasteiger partial charge in [0, 0.05) is 31.6 Å². The minimum atomic E-state index is 0.415. The molecule has 0 aliphatic heterocycles. The van der Waals surface area contributed by atoms with Crippen LogP contribution in [0, 0.1) is 0 Å². The van der Waals surface area contributed by atoms with Crippen LogP contribution in [0.4, 0.5) is 0 Å². The molecule has 1 rings (SSSR count). The van der Waals surface area contributed by atoms with Gasteiger partial charge < -0.3 is 10.1 Å². The molecule has 0 spiro atoms. The summed E-state index contributed by atoms with van der Waals surface area (Å²) in [6.45, 7) is 7.92. The SMILES string of the molecule is CCCNCc1nc(CN(C)C(C)COC)cs1. The molecule has 1 aromatic heterocycles. The lowest BCUT2D eigenvalue weighted by Gasteiger charge is -2.22. The van der Waals surface area contributed by atoms with Gasteiger partial charge in [0.05, 0.1) is 12.3 Å². The molecule has 0 fully saturated rings. The molecule has 0 saturated heterocycles. The summed E-state index contributed by atoms with van der Waals surface area (Å²) < 4.78 is 5.16. The summed E-state index contributed by atoms with van der Waals surface area (Å²) >= 11 is 1.74. The van der Waals surface area contributed by atoms with E-state index in [2.05, 4.69) is 41.5 Å². The van der Waals surface area contributed by atoms with Crippen molar-refractivity contribution in [1.29, 1.82) is 0 Å². The number of ether oxygens (including phenoxy) is 1. The minimum Gasteiger partial charge on any atom is -0.383 e. The fourth-order valence-corrected chi connectivity index (χ4v) is 2.41. The van der Waals surface area contributed by atoms with E-state index in [1.165, 1.54) is 5.01 Å². The van der Waals surface area contributed by atoms with Gasteiger partial charge in [0.15, 0.2) is 0 Å². The van der Waals surface area contributed by atoms with E-state index in [9.17, 15) is 0 Å². The molecule has 4 nitrogen and oxygen atoms in total. The molecule has 0 radical (unpaired) electrons. The Balaban J connectivity index is 2.38. The number of nitrogens with one attached hydrogen (secondary N) is 1. The highest BCUT2D eigenvalue weighted by Crippen LogP contribution is 2.12. The van der Waals surface area contributed by atoms with E-state index in [1.807, 2.05) is 0 Å². The Hall–Kier alpha value is -0.490. The molecule has 1 N–H and O–H groups in total. The quantitative estimate of drug-likeness (QED) is 0.698. The molecule has 0 amide bonds. The van der Waals surface area contributed by atoms with Crippen LogP contribution in [0.5, 0.6) is 0 Å². The maximum absolute atomic E-state index is 5.16. The Bertz CT molecular complexity index is 330. The molecule has 0 saturated carbocycles. The predicted molar refractivity (Wildman–Crippen MR) is 76.9 cm³/mol. The van der Waals surface area contributed by atoms with Crippen molar-refractivity contribution in [1.82, 2.24) is 15.2 Å². The third-order valence-electron chi connectivity index (χ3n) is 2.87. The molecule has 1 unspecified atom stereocenters. The van der Waals surface area contributed by atoms with Crippen molar-refractivity contribution >= 4 is 11.3 Å². The fraction of sp³-hybridized carbons (Fsp3) is 0.769. The molecule has 1 heterocycles. The van der Waals surface area contributed by atoms with Crippen molar-refractivity contribution in [3.05, 3.63) is 16.1 Å². The van der Waals surface area contributed by atoms with Gasteiger partial charge in [-0.25, -0.2) is 4.98 Å². The normalized spacial score (nSPS) is 13.2. The van der Waals surface area contributed by atoms with E-state index in [0.717, 1.165) is 38.4 Å². The Kier molecular flexibility index (Phi) is 7.42. The molecule has 0 aromatic carbocycles. The van der Waals surface area contributed by atoms with Gasteiger partial charge in [0.2, 0.25) is 0 Å². The number of aromatic nitrogens is 1. The highest BCUT2D eigenvalue weighted by atomic mass is 32.1.